The molecule has 1 aromatic heterocycles. The van der Waals surface area contributed by atoms with Gasteiger partial charge in [0.05, 0.1) is 0 Å². The number of hydrogen-bond donors (Lipinski definition) is 0. The summed E-state index contributed by atoms with van der Waals surface area (Å²) >= 11 is 6.09. The molecule has 2 rings (SSSR count). The van der Waals surface area contributed by atoms with Gasteiger partial charge in [-0.05, 0) is 18.3 Å². The SMILES string of the molecule is CC(C)c1nc(Cl)cc(N2CCC(C(C)C)C2)n1. The second kappa shape index (κ2) is 5.43. The molecule has 0 aliphatic carbocycles. The second-order valence-electron chi connectivity index (χ2n) is 5.80. The summed E-state index contributed by atoms with van der Waals surface area (Å²) in [4.78, 5) is 11.3. The van der Waals surface area contributed by atoms with Gasteiger partial charge in [0.2, 0.25) is 0 Å². The van der Waals surface area contributed by atoms with Crippen molar-refractivity contribution in [3.8, 4) is 0 Å². The van der Waals surface area contributed by atoms with E-state index in [1.54, 1.807) is 0 Å². The highest BCUT2D eigenvalue weighted by atomic mass is 35.5. The first-order valence-corrected chi connectivity index (χ1v) is 7.14. The molecule has 1 fully saturated rings. The Balaban J connectivity index is 2.19. The lowest BCUT2D eigenvalue weighted by Crippen LogP contribution is -2.23. The molecule has 0 spiro atoms. The molecule has 18 heavy (non-hydrogen) atoms. The Morgan fingerprint density at radius 2 is 2.00 bits per heavy atom. The van der Waals surface area contributed by atoms with E-state index in [9.17, 15) is 0 Å². The van der Waals surface area contributed by atoms with E-state index < -0.39 is 0 Å². The van der Waals surface area contributed by atoms with Gasteiger partial charge in [0.15, 0.2) is 0 Å². The molecule has 1 atom stereocenters. The molecule has 4 heteroatoms. The zero-order valence-electron chi connectivity index (χ0n) is 11.7. The fourth-order valence-electron chi connectivity index (χ4n) is 2.38. The Kier molecular flexibility index (Phi) is 4.10. The molecule has 0 aromatic carbocycles. The van der Waals surface area contributed by atoms with Crippen LogP contribution in [0.1, 0.15) is 45.9 Å². The van der Waals surface area contributed by atoms with Crippen molar-refractivity contribution in [1.29, 1.82) is 0 Å². The van der Waals surface area contributed by atoms with E-state index in [1.807, 2.05) is 6.07 Å². The summed E-state index contributed by atoms with van der Waals surface area (Å²) in [5.74, 6) is 3.64. The van der Waals surface area contributed by atoms with Crippen molar-refractivity contribution >= 4 is 17.4 Å². The lowest BCUT2D eigenvalue weighted by Gasteiger charge is -2.20. The molecule has 1 unspecified atom stereocenters. The second-order valence-corrected chi connectivity index (χ2v) is 6.19. The van der Waals surface area contributed by atoms with Crippen LogP contribution in [-0.4, -0.2) is 23.1 Å². The molecule has 0 saturated carbocycles. The van der Waals surface area contributed by atoms with Crippen LogP contribution in [0.5, 0.6) is 0 Å². The van der Waals surface area contributed by atoms with Crippen molar-refractivity contribution in [1.82, 2.24) is 9.97 Å². The molecule has 1 aliphatic heterocycles. The van der Waals surface area contributed by atoms with E-state index in [-0.39, 0.29) is 0 Å². The average molecular weight is 268 g/mol. The first-order chi connectivity index (χ1) is 8.47. The fraction of sp³-hybridized carbons (Fsp3) is 0.714. The molecule has 0 radical (unpaired) electrons. The zero-order valence-corrected chi connectivity index (χ0v) is 12.4. The first-order valence-electron chi connectivity index (χ1n) is 6.76. The molecular weight excluding hydrogens is 246 g/mol. The number of anilines is 1. The largest absolute Gasteiger partial charge is 0.356 e. The molecule has 1 aliphatic rings. The van der Waals surface area contributed by atoms with Crippen LogP contribution in [-0.2, 0) is 0 Å². The van der Waals surface area contributed by atoms with Gasteiger partial charge in [0, 0.05) is 25.1 Å². The van der Waals surface area contributed by atoms with Gasteiger partial charge in [-0.25, -0.2) is 9.97 Å². The van der Waals surface area contributed by atoms with Gasteiger partial charge in [0.1, 0.15) is 16.8 Å². The summed E-state index contributed by atoms with van der Waals surface area (Å²) in [5, 5.41) is 0.552. The van der Waals surface area contributed by atoms with Crippen LogP contribution in [0.3, 0.4) is 0 Å². The number of aromatic nitrogens is 2. The normalized spacial score (nSPS) is 20.2. The van der Waals surface area contributed by atoms with Gasteiger partial charge < -0.3 is 4.90 Å². The molecular formula is C14H22ClN3. The topological polar surface area (TPSA) is 29.0 Å². The molecule has 0 bridgehead atoms. The first kappa shape index (κ1) is 13.6. The zero-order chi connectivity index (χ0) is 13.3. The van der Waals surface area contributed by atoms with Crippen molar-refractivity contribution in [2.45, 2.75) is 40.0 Å². The molecule has 3 nitrogen and oxygen atoms in total. The van der Waals surface area contributed by atoms with Crippen molar-refractivity contribution in [3.05, 3.63) is 17.0 Å². The van der Waals surface area contributed by atoms with Gasteiger partial charge in [-0.2, -0.15) is 0 Å². The Bertz CT molecular complexity index is 418. The molecule has 1 saturated heterocycles. The summed E-state index contributed by atoms with van der Waals surface area (Å²) < 4.78 is 0. The minimum Gasteiger partial charge on any atom is -0.356 e. The van der Waals surface area contributed by atoms with Gasteiger partial charge in [-0.3, -0.25) is 0 Å². The van der Waals surface area contributed by atoms with Crippen molar-refractivity contribution in [2.24, 2.45) is 11.8 Å². The minimum absolute atomic E-state index is 0.311. The van der Waals surface area contributed by atoms with Crippen LogP contribution in [0.15, 0.2) is 6.07 Å². The summed E-state index contributed by atoms with van der Waals surface area (Å²) in [6.07, 6.45) is 1.25. The maximum atomic E-state index is 6.09. The molecule has 0 N–H and O–H groups in total. The average Bonchev–Trinajstić information content (AvgIpc) is 2.77. The van der Waals surface area contributed by atoms with E-state index in [0.29, 0.717) is 11.1 Å². The summed E-state index contributed by atoms with van der Waals surface area (Å²) in [6.45, 7) is 10.9. The van der Waals surface area contributed by atoms with Crippen LogP contribution in [0.4, 0.5) is 5.82 Å². The highest BCUT2D eigenvalue weighted by Crippen LogP contribution is 2.28. The van der Waals surface area contributed by atoms with Crippen molar-refractivity contribution in [2.75, 3.05) is 18.0 Å². The lowest BCUT2D eigenvalue weighted by molar-refractivity contribution is 0.422. The van der Waals surface area contributed by atoms with Crippen LogP contribution >= 0.6 is 11.6 Å². The van der Waals surface area contributed by atoms with E-state index in [1.165, 1.54) is 6.42 Å². The lowest BCUT2D eigenvalue weighted by atomic mass is 9.95. The van der Waals surface area contributed by atoms with Crippen molar-refractivity contribution in [3.63, 3.8) is 0 Å². The molecule has 0 amide bonds. The third-order valence-corrected chi connectivity index (χ3v) is 3.90. The van der Waals surface area contributed by atoms with Gasteiger partial charge >= 0.3 is 0 Å². The highest BCUT2D eigenvalue weighted by Gasteiger charge is 2.26. The Morgan fingerprint density at radius 3 is 2.56 bits per heavy atom. The van der Waals surface area contributed by atoms with Gasteiger partial charge in [-0.15, -0.1) is 0 Å². The standard InChI is InChI=1S/C14H22ClN3/c1-9(2)11-5-6-18(8-11)13-7-12(15)16-14(17-13)10(3)4/h7,9-11H,5-6,8H2,1-4H3. The Labute approximate surface area is 115 Å². The number of halogens is 1. The minimum atomic E-state index is 0.311. The van der Waals surface area contributed by atoms with Crippen LogP contribution in [0.25, 0.3) is 0 Å². The predicted octanol–water partition coefficient (Wildman–Crippen LogP) is 3.74. The summed E-state index contributed by atoms with van der Waals surface area (Å²) in [6, 6.07) is 1.89. The molecule has 2 heterocycles. The predicted molar refractivity (Wildman–Crippen MR) is 76.3 cm³/mol. The summed E-state index contributed by atoms with van der Waals surface area (Å²) in [7, 11) is 0. The molecule has 1 aromatic rings. The van der Waals surface area contributed by atoms with Gasteiger partial charge in [-0.1, -0.05) is 39.3 Å². The third-order valence-electron chi connectivity index (χ3n) is 3.71. The van der Waals surface area contributed by atoms with E-state index >= 15 is 0 Å². The van der Waals surface area contributed by atoms with E-state index in [0.717, 1.165) is 36.6 Å². The maximum absolute atomic E-state index is 6.09. The number of nitrogens with zero attached hydrogens (tertiary/aromatic N) is 3. The fourth-order valence-corrected chi connectivity index (χ4v) is 2.57. The smallest absolute Gasteiger partial charge is 0.135 e. The Morgan fingerprint density at radius 1 is 1.28 bits per heavy atom. The molecule has 100 valence electrons. The monoisotopic (exact) mass is 267 g/mol. The number of rotatable bonds is 3. The maximum Gasteiger partial charge on any atom is 0.135 e. The van der Waals surface area contributed by atoms with E-state index in [4.69, 9.17) is 11.6 Å². The van der Waals surface area contributed by atoms with Gasteiger partial charge in [0.25, 0.3) is 0 Å². The highest BCUT2D eigenvalue weighted by molar-refractivity contribution is 6.29. The van der Waals surface area contributed by atoms with Crippen LogP contribution in [0, 0.1) is 11.8 Å². The Hall–Kier alpha value is -0.830. The van der Waals surface area contributed by atoms with Crippen LogP contribution in [0.2, 0.25) is 5.15 Å². The van der Waals surface area contributed by atoms with Crippen LogP contribution < -0.4 is 4.90 Å². The third kappa shape index (κ3) is 2.94. The number of hydrogen-bond acceptors (Lipinski definition) is 3. The van der Waals surface area contributed by atoms with E-state index in [2.05, 4.69) is 42.6 Å². The summed E-state index contributed by atoms with van der Waals surface area (Å²) in [5.41, 5.74) is 0. The quantitative estimate of drug-likeness (QED) is 0.782. The van der Waals surface area contributed by atoms with Crippen molar-refractivity contribution < 1.29 is 0 Å².